The summed E-state index contributed by atoms with van der Waals surface area (Å²) in [5.74, 6) is -0.107. The molecule has 2 heterocycles. The van der Waals surface area contributed by atoms with Crippen molar-refractivity contribution in [2.45, 2.75) is 38.5 Å². The number of alkyl halides is 3. The lowest BCUT2D eigenvalue weighted by atomic mass is 9.90. The van der Waals surface area contributed by atoms with Gasteiger partial charge in [0.15, 0.2) is 0 Å². The Balaban J connectivity index is 2.21. The fourth-order valence-electron chi connectivity index (χ4n) is 2.95. The zero-order valence-corrected chi connectivity index (χ0v) is 11.9. The quantitative estimate of drug-likeness (QED) is 0.931. The number of piperidine rings is 1. The molecule has 7 heteroatoms. The van der Waals surface area contributed by atoms with Gasteiger partial charge in [-0.25, -0.2) is 0 Å². The highest BCUT2D eigenvalue weighted by atomic mass is 19.4. The summed E-state index contributed by atoms with van der Waals surface area (Å²) in [5.41, 5.74) is 5.80. The minimum absolute atomic E-state index is 0.0693. The van der Waals surface area contributed by atoms with Gasteiger partial charge < -0.3 is 15.2 Å². The van der Waals surface area contributed by atoms with Gasteiger partial charge in [-0.1, -0.05) is 6.92 Å². The Kier molecular flexibility index (Phi) is 4.61. The minimum Gasteiger partial charge on any atom is -0.334 e. The van der Waals surface area contributed by atoms with E-state index in [4.69, 9.17) is 5.73 Å². The molecule has 4 nitrogen and oxygen atoms in total. The number of amides is 1. The van der Waals surface area contributed by atoms with Crippen LogP contribution in [0.1, 0.15) is 30.3 Å². The molecule has 21 heavy (non-hydrogen) atoms. The van der Waals surface area contributed by atoms with Gasteiger partial charge in [0.2, 0.25) is 0 Å². The van der Waals surface area contributed by atoms with Crippen molar-refractivity contribution in [2.75, 3.05) is 13.1 Å². The maximum atomic E-state index is 12.6. The number of likely N-dealkylation sites (tertiary alicyclic amines) is 1. The van der Waals surface area contributed by atoms with Gasteiger partial charge in [0.25, 0.3) is 5.91 Å². The molecule has 2 atom stereocenters. The first-order valence-electron chi connectivity index (χ1n) is 7.06. The van der Waals surface area contributed by atoms with Gasteiger partial charge in [0.05, 0.1) is 0 Å². The fourth-order valence-corrected chi connectivity index (χ4v) is 2.95. The highest BCUT2D eigenvalue weighted by Gasteiger charge is 2.34. The van der Waals surface area contributed by atoms with E-state index in [1.165, 1.54) is 18.3 Å². The summed E-state index contributed by atoms with van der Waals surface area (Å²) in [6.45, 7) is 1.73. The van der Waals surface area contributed by atoms with Crippen molar-refractivity contribution in [3.8, 4) is 0 Å². The molecule has 2 unspecified atom stereocenters. The molecular weight excluding hydrogens is 283 g/mol. The van der Waals surface area contributed by atoms with Gasteiger partial charge in [0, 0.05) is 25.3 Å². The molecule has 1 saturated heterocycles. The zero-order valence-electron chi connectivity index (χ0n) is 11.9. The van der Waals surface area contributed by atoms with Gasteiger partial charge in [-0.2, -0.15) is 13.2 Å². The molecule has 2 N–H and O–H groups in total. The van der Waals surface area contributed by atoms with Crippen LogP contribution in [0.25, 0.3) is 0 Å². The molecule has 1 aromatic heterocycles. The van der Waals surface area contributed by atoms with Crippen LogP contribution in [0.5, 0.6) is 0 Å². The molecule has 2 rings (SSSR count). The molecule has 1 aliphatic heterocycles. The van der Waals surface area contributed by atoms with E-state index in [-0.39, 0.29) is 23.6 Å². The standard InChI is InChI=1S/C14H20F3N3O/c1-10-4-2-7-20(12(10)8-18)13(21)11-5-3-6-19(11)9-14(15,16)17/h3,5-6,10,12H,2,4,7-9,18H2,1H3. The summed E-state index contributed by atoms with van der Waals surface area (Å²) in [6.07, 6.45) is -1.24. The Bertz CT molecular complexity index is 498. The highest BCUT2D eigenvalue weighted by Crippen LogP contribution is 2.25. The maximum absolute atomic E-state index is 12.6. The van der Waals surface area contributed by atoms with Crippen LogP contribution >= 0.6 is 0 Å². The van der Waals surface area contributed by atoms with E-state index in [0.29, 0.717) is 13.1 Å². The van der Waals surface area contributed by atoms with Crippen molar-refractivity contribution in [1.29, 1.82) is 0 Å². The third-order valence-corrected chi connectivity index (χ3v) is 4.02. The number of carbonyl (C=O) groups is 1. The van der Waals surface area contributed by atoms with Crippen LogP contribution < -0.4 is 5.73 Å². The van der Waals surface area contributed by atoms with E-state index in [2.05, 4.69) is 0 Å². The second kappa shape index (κ2) is 6.09. The summed E-state index contributed by atoms with van der Waals surface area (Å²) in [4.78, 5) is 14.2. The van der Waals surface area contributed by atoms with E-state index >= 15 is 0 Å². The summed E-state index contributed by atoms with van der Waals surface area (Å²) in [5, 5.41) is 0. The van der Waals surface area contributed by atoms with Crippen molar-refractivity contribution in [3.05, 3.63) is 24.0 Å². The first-order valence-corrected chi connectivity index (χ1v) is 7.06. The molecule has 0 aliphatic carbocycles. The molecular formula is C14H20F3N3O. The van der Waals surface area contributed by atoms with E-state index in [9.17, 15) is 18.0 Å². The SMILES string of the molecule is CC1CCCN(C(=O)c2cccn2CC(F)(F)F)C1CN. The van der Waals surface area contributed by atoms with Gasteiger partial charge in [-0.15, -0.1) is 0 Å². The second-order valence-corrected chi connectivity index (χ2v) is 5.56. The lowest BCUT2D eigenvalue weighted by Gasteiger charge is -2.39. The van der Waals surface area contributed by atoms with Crippen LogP contribution in [0.3, 0.4) is 0 Å². The molecule has 1 aromatic rings. The Morgan fingerprint density at radius 1 is 1.48 bits per heavy atom. The van der Waals surface area contributed by atoms with Crippen LogP contribution in [-0.2, 0) is 6.54 Å². The average molecular weight is 303 g/mol. The van der Waals surface area contributed by atoms with Crippen LogP contribution in [0, 0.1) is 5.92 Å². The van der Waals surface area contributed by atoms with E-state index in [1.54, 1.807) is 4.90 Å². The first kappa shape index (κ1) is 15.9. The Labute approximate surface area is 121 Å². The minimum atomic E-state index is -4.35. The number of hydrogen-bond donors (Lipinski definition) is 1. The predicted molar refractivity (Wildman–Crippen MR) is 72.8 cm³/mol. The van der Waals surface area contributed by atoms with Gasteiger partial charge in [-0.3, -0.25) is 4.79 Å². The van der Waals surface area contributed by atoms with Crippen molar-refractivity contribution >= 4 is 5.91 Å². The Hall–Kier alpha value is -1.50. The topological polar surface area (TPSA) is 51.3 Å². The van der Waals surface area contributed by atoms with Crippen molar-refractivity contribution in [3.63, 3.8) is 0 Å². The Morgan fingerprint density at radius 3 is 2.81 bits per heavy atom. The third-order valence-electron chi connectivity index (χ3n) is 4.02. The van der Waals surface area contributed by atoms with Crippen LogP contribution in [0.2, 0.25) is 0 Å². The smallest absolute Gasteiger partial charge is 0.334 e. The number of rotatable bonds is 3. The van der Waals surface area contributed by atoms with Crippen molar-refractivity contribution in [2.24, 2.45) is 11.7 Å². The lowest BCUT2D eigenvalue weighted by molar-refractivity contribution is -0.140. The van der Waals surface area contributed by atoms with E-state index in [0.717, 1.165) is 17.4 Å². The summed E-state index contributed by atoms with van der Waals surface area (Å²) >= 11 is 0. The number of nitrogens with two attached hydrogens (primary N) is 1. The van der Waals surface area contributed by atoms with E-state index < -0.39 is 12.7 Å². The summed E-state index contributed by atoms with van der Waals surface area (Å²) < 4.78 is 38.6. The van der Waals surface area contributed by atoms with Crippen molar-refractivity contribution in [1.82, 2.24) is 9.47 Å². The number of halogens is 3. The Morgan fingerprint density at radius 2 is 2.19 bits per heavy atom. The summed E-state index contributed by atoms with van der Waals surface area (Å²) in [6, 6.07) is 2.78. The second-order valence-electron chi connectivity index (χ2n) is 5.56. The van der Waals surface area contributed by atoms with Crippen LogP contribution in [0.4, 0.5) is 13.2 Å². The molecule has 118 valence electrons. The molecule has 0 spiro atoms. The zero-order chi connectivity index (χ0) is 15.6. The molecule has 0 bridgehead atoms. The molecule has 1 amide bonds. The van der Waals surface area contributed by atoms with Gasteiger partial charge in [-0.05, 0) is 30.9 Å². The highest BCUT2D eigenvalue weighted by molar-refractivity contribution is 5.93. The van der Waals surface area contributed by atoms with Crippen LogP contribution in [-0.4, -0.2) is 40.7 Å². The lowest BCUT2D eigenvalue weighted by Crippen LogP contribution is -2.51. The van der Waals surface area contributed by atoms with E-state index in [1.807, 2.05) is 6.92 Å². The average Bonchev–Trinajstić information content (AvgIpc) is 2.83. The van der Waals surface area contributed by atoms with Gasteiger partial charge >= 0.3 is 6.18 Å². The molecule has 0 saturated carbocycles. The molecule has 0 radical (unpaired) electrons. The first-order chi connectivity index (χ1) is 9.83. The predicted octanol–water partition coefficient (Wildman–Crippen LogP) is 2.25. The fraction of sp³-hybridized carbons (Fsp3) is 0.643. The van der Waals surface area contributed by atoms with Crippen LogP contribution in [0.15, 0.2) is 18.3 Å². The maximum Gasteiger partial charge on any atom is 0.406 e. The number of carbonyl (C=O) groups excluding carboxylic acids is 1. The molecule has 1 aliphatic rings. The van der Waals surface area contributed by atoms with Gasteiger partial charge in [0.1, 0.15) is 12.2 Å². The molecule has 1 fully saturated rings. The van der Waals surface area contributed by atoms with Crippen molar-refractivity contribution < 1.29 is 18.0 Å². The monoisotopic (exact) mass is 303 g/mol. The number of nitrogens with zero attached hydrogens (tertiary/aromatic N) is 2. The third kappa shape index (κ3) is 3.58. The number of aromatic nitrogens is 1. The summed E-state index contributed by atoms with van der Waals surface area (Å²) in [7, 11) is 0. The normalized spacial score (nSPS) is 23.4. The largest absolute Gasteiger partial charge is 0.406 e. The number of hydrogen-bond acceptors (Lipinski definition) is 2. The molecule has 0 aromatic carbocycles.